The van der Waals surface area contributed by atoms with E-state index in [0.717, 1.165) is 10.2 Å². The molecule has 23 heavy (non-hydrogen) atoms. The molecule has 0 spiro atoms. The van der Waals surface area contributed by atoms with E-state index in [0.29, 0.717) is 5.69 Å². The van der Waals surface area contributed by atoms with Crippen LogP contribution in [0.1, 0.15) is 30.0 Å². The van der Waals surface area contributed by atoms with Crippen LogP contribution in [0.3, 0.4) is 0 Å². The van der Waals surface area contributed by atoms with E-state index in [2.05, 4.69) is 31.6 Å². The lowest BCUT2D eigenvalue weighted by molar-refractivity contribution is -0.140. The fourth-order valence-electron chi connectivity index (χ4n) is 2.12. The molecule has 1 heterocycles. The molecule has 8 heteroatoms. The van der Waals surface area contributed by atoms with Crippen molar-refractivity contribution in [1.29, 1.82) is 0 Å². The Kier molecular flexibility index (Phi) is 5.15. The average molecular weight is 381 g/mol. The van der Waals surface area contributed by atoms with E-state index in [1.807, 2.05) is 24.3 Å². The molecule has 122 valence electrons. The number of nitrogens with one attached hydrogen (secondary N) is 1. The fraction of sp³-hybridized carbons (Fsp3) is 0.333. The van der Waals surface area contributed by atoms with Gasteiger partial charge in [-0.15, -0.1) is 5.10 Å². The number of carbonyl (C=O) groups is 2. The van der Waals surface area contributed by atoms with Gasteiger partial charge in [0, 0.05) is 4.47 Å². The third kappa shape index (κ3) is 3.76. The number of rotatable bonds is 5. The van der Waals surface area contributed by atoms with Gasteiger partial charge >= 0.3 is 5.97 Å². The number of carboxylic acid groups (broad SMARTS) is 1. The molecule has 0 aliphatic carbocycles. The molecule has 0 aliphatic rings. The molecule has 0 aliphatic heterocycles. The summed E-state index contributed by atoms with van der Waals surface area (Å²) in [4.78, 5) is 23.5. The fourth-order valence-corrected chi connectivity index (χ4v) is 2.50. The highest BCUT2D eigenvalue weighted by atomic mass is 79.9. The predicted molar refractivity (Wildman–Crippen MR) is 87.5 cm³/mol. The lowest BCUT2D eigenvalue weighted by Gasteiger charge is -2.17. The molecule has 1 atom stereocenters. The Morgan fingerprint density at radius 2 is 2.04 bits per heavy atom. The number of halogens is 1. The molecule has 0 fully saturated rings. The van der Waals surface area contributed by atoms with Crippen LogP contribution in [0.2, 0.25) is 0 Å². The molecule has 0 saturated heterocycles. The maximum Gasteiger partial charge on any atom is 0.326 e. The van der Waals surface area contributed by atoms with Crippen molar-refractivity contribution in [3.05, 3.63) is 40.1 Å². The van der Waals surface area contributed by atoms with Gasteiger partial charge in [0.1, 0.15) is 6.04 Å². The number of carboxylic acids is 1. The summed E-state index contributed by atoms with van der Waals surface area (Å²) in [6, 6.07) is 6.43. The first kappa shape index (κ1) is 17.1. The highest BCUT2D eigenvalue weighted by Gasteiger charge is 2.26. The Bertz CT molecular complexity index is 742. The number of hydrogen-bond acceptors (Lipinski definition) is 4. The summed E-state index contributed by atoms with van der Waals surface area (Å²) in [5.41, 5.74) is 1.40. The molecular weight excluding hydrogens is 364 g/mol. The molecule has 0 saturated carbocycles. The number of hydrogen-bond donors (Lipinski definition) is 2. The summed E-state index contributed by atoms with van der Waals surface area (Å²) in [7, 11) is 0. The molecule has 1 aromatic carbocycles. The minimum absolute atomic E-state index is 0.108. The van der Waals surface area contributed by atoms with Crippen LogP contribution in [0.5, 0.6) is 0 Å². The van der Waals surface area contributed by atoms with Crippen LogP contribution in [0.25, 0.3) is 5.69 Å². The number of aliphatic carboxylic acids is 1. The summed E-state index contributed by atoms with van der Waals surface area (Å²) in [5, 5.41) is 19.5. The summed E-state index contributed by atoms with van der Waals surface area (Å²) in [6.07, 6.45) is 0. The standard InChI is InChI=1S/C15H17BrN4O3/c1-8(2)12(15(22)23)17-14(21)13-9(3)20(19-18-13)11-6-4-5-10(16)7-11/h4-8,12H,1-3H3,(H,17,21)(H,22,23). The highest BCUT2D eigenvalue weighted by molar-refractivity contribution is 9.10. The molecule has 1 amide bonds. The Balaban J connectivity index is 2.28. The van der Waals surface area contributed by atoms with Gasteiger partial charge in [-0.05, 0) is 31.0 Å². The molecule has 0 bridgehead atoms. The van der Waals surface area contributed by atoms with Crippen LogP contribution in [-0.4, -0.2) is 38.0 Å². The Morgan fingerprint density at radius 1 is 1.35 bits per heavy atom. The van der Waals surface area contributed by atoms with Crippen molar-refractivity contribution in [1.82, 2.24) is 20.3 Å². The van der Waals surface area contributed by atoms with Crippen molar-refractivity contribution in [3.63, 3.8) is 0 Å². The average Bonchev–Trinajstić information content (AvgIpc) is 2.85. The number of aromatic nitrogens is 3. The van der Waals surface area contributed by atoms with Gasteiger partial charge in [-0.3, -0.25) is 4.79 Å². The van der Waals surface area contributed by atoms with Gasteiger partial charge in [0.2, 0.25) is 0 Å². The summed E-state index contributed by atoms with van der Waals surface area (Å²) < 4.78 is 2.41. The van der Waals surface area contributed by atoms with Crippen molar-refractivity contribution < 1.29 is 14.7 Å². The number of amides is 1. The lowest BCUT2D eigenvalue weighted by Crippen LogP contribution is -2.44. The van der Waals surface area contributed by atoms with E-state index in [9.17, 15) is 9.59 Å². The van der Waals surface area contributed by atoms with E-state index < -0.39 is 17.9 Å². The molecule has 2 aromatic rings. The first-order valence-electron chi connectivity index (χ1n) is 7.03. The second-order valence-corrected chi connectivity index (χ2v) is 6.36. The van der Waals surface area contributed by atoms with Crippen LogP contribution in [-0.2, 0) is 4.79 Å². The predicted octanol–water partition coefficient (Wildman–Crippen LogP) is 2.18. The molecular formula is C15H17BrN4O3. The Hall–Kier alpha value is -2.22. The molecule has 0 radical (unpaired) electrons. The monoisotopic (exact) mass is 380 g/mol. The SMILES string of the molecule is Cc1c(C(=O)NC(C(=O)O)C(C)C)nnn1-c1cccc(Br)c1. The second kappa shape index (κ2) is 6.91. The first-order valence-corrected chi connectivity index (χ1v) is 7.82. The smallest absolute Gasteiger partial charge is 0.326 e. The number of carbonyl (C=O) groups excluding carboxylic acids is 1. The highest BCUT2D eigenvalue weighted by Crippen LogP contribution is 2.17. The van der Waals surface area contributed by atoms with Crippen LogP contribution in [0.4, 0.5) is 0 Å². The molecule has 1 aromatic heterocycles. The summed E-state index contributed by atoms with van der Waals surface area (Å²) in [5.74, 6) is -1.87. The van der Waals surface area contributed by atoms with Crippen molar-refractivity contribution in [2.45, 2.75) is 26.8 Å². The van der Waals surface area contributed by atoms with Crippen molar-refractivity contribution in [3.8, 4) is 5.69 Å². The van der Waals surface area contributed by atoms with Crippen molar-refractivity contribution in [2.24, 2.45) is 5.92 Å². The van der Waals surface area contributed by atoms with E-state index in [1.54, 1.807) is 20.8 Å². The third-order valence-corrected chi connectivity index (χ3v) is 3.87. The zero-order valence-electron chi connectivity index (χ0n) is 12.9. The van der Waals surface area contributed by atoms with Crippen LogP contribution < -0.4 is 5.32 Å². The largest absolute Gasteiger partial charge is 0.480 e. The van der Waals surface area contributed by atoms with Gasteiger partial charge in [-0.2, -0.15) is 0 Å². The Morgan fingerprint density at radius 3 is 2.61 bits per heavy atom. The van der Waals surface area contributed by atoms with Crippen LogP contribution in [0.15, 0.2) is 28.7 Å². The van der Waals surface area contributed by atoms with Gasteiger partial charge in [-0.25, -0.2) is 9.48 Å². The maximum atomic E-state index is 12.3. The van der Waals surface area contributed by atoms with Gasteiger partial charge in [0.25, 0.3) is 5.91 Å². The second-order valence-electron chi connectivity index (χ2n) is 5.45. The van der Waals surface area contributed by atoms with Crippen molar-refractivity contribution in [2.75, 3.05) is 0 Å². The van der Waals surface area contributed by atoms with E-state index in [1.165, 1.54) is 4.68 Å². The van der Waals surface area contributed by atoms with E-state index in [-0.39, 0.29) is 11.6 Å². The van der Waals surface area contributed by atoms with Gasteiger partial charge in [0.05, 0.1) is 11.4 Å². The topological polar surface area (TPSA) is 97.1 Å². The minimum Gasteiger partial charge on any atom is -0.480 e. The van der Waals surface area contributed by atoms with Crippen LogP contribution >= 0.6 is 15.9 Å². The maximum absolute atomic E-state index is 12.3. The number of benzene rings is 1. The van der Waals surface area contributed by atoms with E-state index in [4.69, 9.17) is 5.11 Å². The van der Waals surface area contributed by atoms with Crippen molar-refractivity contribution >= 4 is 27.8 Å². The lowest BCUT2D eigenvalue weighted by atomic mass is 10.0. The van der Waals surface area contributed by atoms with Gasteiger partial charge < -0.3 is 10.4 Å². The van der Waals surface area contributed by atoms with E-state index >= 15 is 0 Å². The normalized spacial score (nSPS) is 12.2. The quantitative estimate of drug-likeness (QED) is 0.828. The molecule has 7 nitrogen and oxygen atoms in total. The summed E-state index contributed by atoms with van der Waals surface area (Å²) >= 11 is 3.38. The summed E-state index contributed by atoms with van der Waals surface area (Å²) in [6.45, 7) is 5.16. The molecule has 2 N–H and O–H groups in total. The first-order chi connectivity index (χ1) is 10.8. The minimum atomic E-state index is -1.08. The van der Waals surface area contributed by atoms with Gasteiger partial charge in [-0.1, -0.05) is 41.1 Å². The zero-order chi connectivity index (χ0) is 17.1. The Labute approximate surface area is 141 Å². The van der Waals surface area contributed by atoms with Gasteiger partial charge in [0.15, 0.2) is 5.69 Å². The third-order valence-electron chi connectivity index (χ3n) is 3.38. The molecule has 1 unspecified atom stereocenters. The number of nitrogens with zero attached hydrogens (tertiary/aromatic N) is 3. The van der Waals surface area contributed by atoms with Crippen LogP contribution in [0, 0.1) is 12.8 Å². The zero-order valence-corrected chi connectivity index (χ0v) is 14.5. The molecule has 2 rings (SSSR count).